The van der Waals surface area contributed by atoms with Gasteiger partial charge >= 0.3 is 0 Å². The summed E-state index contributed by atoms with van der Waals surface area (Å²) in [5.41, 5.74) is 6.40. The predicted octanol–water partition coefficient (Wildman–Crippen LogP) is 3.88. The van der Waals surface area contributed by atoms with Gasteiger partial charge in [0.05, 0.1) is 19.3 Å². The lowest BCUT2D eigenvalue weighted by Gasteiger charge is -2.31. The first-order valence-corrected chi connectivity index (χ1v) is 7.73. The number of anilines is 1. The summed E-state index contributed by atoms with van der Waals surface area (Å²) in [6, 6.07) is 7.52. The van der Waals surface area contributed by atoms with Crippen LogP contribution >= 0.6 is 0 Å². The molecular weight excluding hydrogens is 250 g/mol. The van der Waals surface area contributed by atoms with E-state index in [4.69, 9.17) is 15.2 Å². The average molecular weight is 277 g/mol. The van der Waals surface area contributed by atoms with Crippen LogP contribution in [0.15, 0.2) is 24.3 Å². The maximum Gasteiger partial charge on any atom is 0.119 e. The molecule has 2 rings (SSSR count). The minimum absolute atomic E-state index is 0.449. The molecule has 2 unspecified atom stereocenters. The van der Waals surface area contributed by atoms with Crippen molar-refractivity contribution in [2.45, 2.75) is 45.6 Å². The van der Waals surface area contributed by atoms with E-state index in [9.17, 15) is 0 Å². The van der Waals surface area contributed by atoms with E-state index < -0.39 is 0 Å². The Balaban J connectivity index is 1.58. The molecule has 1 saturated carbocycles. The van der Waals surface area contributed by atoms with Crippen molar-refractivity contribution >= 4 is 5.69 Å². The molecule has 0 amide bonds. The first-order chi connectivity index (χ1) is 9.63. The smallest absolute Gasteiger partial charge is 0.119 e. The Morgan fingerprint density at radius 2 is 1.65 bits per heavy atom. The van der Waals surface area contributed by atoms with Crippen LogP contribution in [0, 0.1) is 11.8 Å². The number of nitrogens with two attached hydrogens (primary N) is 1. The van der Waals surface area contributed by atoms with E-state index in [1.165, 1.54) is 19.3 Å². The Kier molecular flexibility index (Phi) is 5.72. The van der Waals surface area contributed by atoms with Gasteiger partial charge in [0.1, 0.15) is 5.75 Å². The highest BCUT2D eigenvalue weighted by atomic mass is 16.5. The van der Waals surface area contributed by atoms with Crippen LogP contribution < -0.4 is 10.5 Å². The minimum atomic E-state index is 0.449. The van der Waals surface area contributed by atoms with E-state index in [0.717, 1.165) is 36.3 Å². The molecule has 0 spiro atoms. The van der Waals surface area contributed by atoms with Gasteiger partial charge in [-0.2, -0.15) is 0 Å². The van der Waals surface area contributed by atoms with Gasteiger partial charge < -0.3 is 15.2 Å². The number of hydrogen-bond donors (Lipinski definition) is 1. The van der Waals surface area contributed by atoms with Crippen LogP contribution in [0.3, 0.4) is 0 Å². The summed E-state index contributed by atoms with van der Waals surface area (Å²) in [6.07, 6.45) is 5.15. The van der Waals surface area contributed by atoms with Gasteiger partial charge in [0.25, 0.3) is 0 Å². The fraction of sp³-hybridized carbons (Fsp3) is 0.647. The molecule has 1 aromatic carbocycles. The molecule has 1 aliphatic carbocycles. The highest BCUT2D eigenvalue weighted by molar-refractivity contribution is 5.41. The summed E-state index contributed by atoms with van der Waals surface area (Å²) in [7, 11) is 0. The number of rotatable bonds is 6. The van der Waals surface area contributed by atoms with Crippen LogP contribution in [0.5, 0.6) is 5.75 Å². The van der Waals surface area contributed by atoms with Gasteiger partial charge in [-0.1, -0.05) is 13.8 Å². The monoisotopic (exact) mass is 277 g/mol. The van der Waals surface area contributed by atoms with Crippen molar-refractivity contribution in [1.29, 1.82) is 0 Å². The molecule has 2 atom stereocenters. The van der Waals surface area contributed by atoms with Gasteiger partial charge in [-0.3, -0.25) is 0 Å². The van der Waals surface area contributed by atoms with Crippen molar-refractivity contribution in [3.8, 4) is 5.75 Å². The van der Waals surface area contributed by atoms with Crippen LogP contribution in [-0.4, -0.2) is 19.3 Å². The number of ether oxygens (including phenoxy) is 2. The van der Waals surface area contributed by atoms with Crippen LogP contribution in [-0.2, 0) is 4.74 Å². The molecule has 0 radical (unpaired) electrons. The highest BCUT2D eigenvalue weighted by Crippen LogP contribution is 2.30. The van der Waals surface area contributed by atoms with Crippen molar-refractivity contribution in [1.82, 2.24) is 0 Å². The SMILES string of the molecule is CC1CC(C)CC(OCCCOc2ccc(N)cc2)C1. The Labute approximate surface area is 122 Å². The zero-order valence-electron chi connectivity index (χ0n) is 12.7. The fourth-order valence-corrected chi connectivity index (χ4v) is 3.07. The third-order valence-corrected chi connectivity index (χ3v) is 3.93. The third-order valence-electron chi connectivity index (χ3n) is 3.93. The van der Waals surface area contributed by atoms with Crippen molar-refractivity contribution in [3.63, 3.8) is 0 Å². The van der Waals surface area contributed by atoms with Crippen LogP contribution in [0.2, 0.25) is 0 Å². The zero-order valence-corrected chi connectivity index (χ0v) is 12.7. The molecule has 1 aromatic rings. The zero-order chi connectivity index (χ0) is 14.4. The topological polar surface area (TPSA) is 44.5 Å². The summed E-state index contributed by atoms with van der Waals surface area (Å²) in [5.74, 6) is 2.48. The Morgan fingerprint density at radius 3 is 2.30 bits per heavy atom. The molecule has 0 aliphatic heterocycles. The Hall–Kier alpha value is -1.22. The lowest BCUT2D eigenvalue weighted by Crippen LogP contribution is -2.26. The van der Waals surface area contributed by atoms with Gasteiger partial charge in [0.2, 0.25) is 0 Å². The maximum absolute atomic E-state index is 5.98. The average Bonchev–Trinajstić information content (AvgIpc) is 2.39. The molecule has 0 saturated heterocycles. The lowest BCUT2D eigenvalue weighted by molar-refractivity contribution is -0.00320. The molecule has 112 valence electrons. The normalized spacial score (nSPS) is 26.4. The molecule has 0 bridgehead atoms. The third kappa shape index (κ3) is 5.04. The molecule has 3 nitrogen and oxygen atoms in total. The summed E-state index contributed by atoms with van der Waals surface area (Å²) in [5, 5.41) is 0. The van der Waals surface area contributed by atoms with Crippen molar-refractivity contribution in [2.24, 2.45) is 11.8 Å². The second-order valence-electron chi connectivity index (χ2n) is 6.18. The van der Waals surface area contributed by atoms with Crippen LogP contribution in [0.1, 0.15) is 39.5 Å². The van der Waals surface area contributed by atoms with E-state index in [-0.39, 0.29) is 0 Å². The molecule has 2 N–H and O–H groups in total. The van der Waals surface area contributed by atoms with Gasteiger partial charge in [0.15, 0.2) is 0 Å². The largest absolute Gasteiger partial charge is 0.494 e. The Bertz CT molecular complexity index is 380. The van der Waals surface area contributed by atoms with Crippen molar-refractivity contribution < 1.29 is 9.47 Å². The van der Waals surface area contributed by atoms with Crippen molar-refractivity contribution in [2.75, 3.05) is 18.9 Å². The summed E-state index contributed by atoms with van der Waals surface area (Å²) >= 11 is 0. The molecule has 20 heavy (non-hydrogen) atoms. The molecule has 0 aromatic heterocycles. The Morgan fingerprint density at radius 1 is 1.00 bits per heavy atom. The van der Waals surface area contributed by atoms with E-state index in [2.05, 4.69) is 13.8 Å². The second-order valence-corrected chi connectivity index (χ2v) is 6.18. The molecule has 1 aliphatic rings. The van der Waals surface area contributed by atoms with Gasteiger partial charge in [0, 0.05) is 12.1 Å². The highest BCUT2D eigenvalue weighted by Gasteiger charge is 2.24. The van der Waals surface area contributed by atoms with Gasteiger partial charge in [-0.05, 0) is 55.4 Å². The molecule has 3 heteroatoms. The standard InChI is InChI=1S/C17H27NO2/c1-13-10-14(2)12-17(11-13)20-9-3-8-19-16-6-4-15(18)5-7-16/h4-7,13-14,17H,3,8-12,18H2,1-2H3. The van der Waals surface area contributed by atoms with E-state index in [1.807, 2.05) is 24.3 Å². The number of nitrogen functional groups attached to an aromatic ring is 1. The maximum atomic E-state index is 5.98. The first kappa shape index (κ1) is 15.2. The van der Waals surface area contributed by atoms with E-state index in [1.54, 1.807) is 0 Å². The molecule has 1 fully saturated rings. The van der Waals surface area contributed by atoms with E-state index >= 15 is 0 Å². The minimum Gasteiger partial charge on any atom is -0.494 e. The van der Waals surface area contributed by atoms with Gasteiger partial charge in [-0.15, -0.1) is 0 Å². The summed E-state index contributed by atoms with van der Waals surface area (Å²) < 4.78 is 11.6. The first-order valence-electron chi connectivity index (χ1n) is 7.73. The van der Waals surface area contributed by atoms with Crippen molar-refractivity contribution in [3.05, 3.63) is 24.3 Å². The summed E-state index contributed by atoms with van der Waals surface area (Å²) in [6.45, 7) is 6.15. The molecule has 0 heterocycles. The van der Waals surface area contributed by atoms with Crippen LogP contribution in [0.25, 0.3) is 0 Å². The quantitative estimate of drug-likeness (QED) is 0.634. The number of benzene rings is 1. The molecular formula is C17H27NO2. The van der Waals surface area contributed by atoms with Crippen LogP contribution in [0.4, 0.5) is 5.69 Å². The second kappa shape index (κ2) is 7.53. The van der Waals surface area contributed by atoms with E-state index in [0.29, 0.717) is 12.7 Å². The predicted molar refractivity (Wildman–Crippen MR) is 82.9 cm³/mol. The lowest BCUT2D eigenvalue weighted by atomic mass is 9.82. The summed E-state index contributed by atoms with van der Waals surface area (Å²) in [4.78, 5) is 0. The fourth-order valence-electron chi connectivity index (χ4n) is 3.07. The van der Waals surface area contributed by atoms with Gasteiger partial charge in [-0.25, -0.2) is 0 Å². The number of hydrogen-bond acceptors (Lipinski definition) is 3.